The molecule has 10 heteroatoms. The highest BCUT2D eigenvalue weighted by Gasteiger charge is 2.20. The molecule has 0 aliphatic heterocycles. The number of aromatic nitrogens is 2. The molecule has 0 unspecified atom stereocenters. The fourth-order valence-corrected chi connectivity index (χ4v) is 3.94. The Labute approximate surface area is 207 Å². The lowest BCUT2D eigenvalue weighted by Crippen LogP contribution is -2.33. The van der Waals surface area contributed by atoms with Crippen molar-refractivity contribution in [3.63, 3.8) is 0 Å². The van der Waals surface area contributed by atoms with Crippen molar-refractivity contribution in [2.75, 3.05) is 11.9 Å². The second kappa shape index (κ2) is 11.6. The molecule has 1 aliphatic carbocycles. The monoisotopic (exact) mass is 496 g/mol. The van der Waals surface area contributed by atoms with Crippen molar-refractivity contribution in [2.24, 2.45) is 0 Å². The highest BCUT2D eigenvalue weighted by molar-refractivity contribution is 6.30. The van der Waals surface area contributed by atoms with Gasteiger partial charge in [-0.05, 0) is 49.2 Å². The number of carbonyl (C=O) groups is 3. The summed E-state index contributed by atoms with van der Waals surface area (Å²) in [5.74, 6) is -0.693. The van der Waals surface area contributed by atoms with E-state index in [1.807, 2.05) is 0 Å². The second-order valence-corrected chi connectivity index (χ2v) is 8.66. The summed E-state index contributed by atoms with van der Waals surface area (Å²) in [7, 11) is 0. The highest BCUT2D eigenvalue weighted by atomic mass is 35.5. The number of nitrogens with zero attached hydrogens (tertiary/aromatic N) is 2. The van der Waals surface area contributed by atoms with Crippen LogP contribution in [0.2, 0.25) is 5.02 Å². The smallest absolute Gasteiger partial charge is 0.306 e. The van der Waals surface area contributed by atoms with Crippen LogP contribution in [0.1, 0.15) is 48.4 Å². The molecule has 35 heavy (non-hydrogen) atoms. The van der Waals surface area contributed by atoms with E-state index >= 15 is 0 Å². The molecule has 1 saturated carbocycles. The number of para-hydroxylation sites is 1. The Morgan fingerprint density at radius 1 is 1.06 bits per heavy atom. The minimum atomic E-state index is -0.585. The van der Waals surface area contributed by atoms with Crippen LogP contribution in [-0.4, -0.2) is 40.6 Å². The largest absolute Gasteiger partial charge is 0.456 e. The van der Waals surface area contributed by atoms with Crippen LogP contribution in [0.5, 0.6) is 0 Å². The Balaban J connectivity index is 1.23. The van der Waals surface area contributed by atoms with Gasteiger partial charge in [-0.25, -0.2) is 0 Å². The normalized spacial score (nSPS) is 13.4. The average Bonchev–Trinajstić information content (AvgIpc) is 3.54. The maximum atomic E-state index is 12.6. The molecule has 0 spiro atoms. The molecule has 0 bridgehead atoms. The minimum Gasteiger partial charge on any atom is -0.456 e. The molecule has 3 aromatic rings. The standard InChI is InChI=1S/C25H25ClN4O5/c26-17-11-9-16(10-12-17)24-29-22(35-30-24)13-14-23(32)34-15-21(31)28-20-8-4-3-7-19(20)25(33)27-18-5-1-2-6-18/h3-4,7-12,18H,1-2,5-6,13-15H2,(H,27,33)(H,28,31). The first-order chi connectivity index (χ1) is 17.0. The molecular formula is C25H25ClN4O5. The Morgan fingerprint density at radius 3 is 2.57 bits per heavy atom. The zero-order chi connectivity index (χ0) is 24.6. The molecule has 1 heterocycles. The number of hydrogen-bond acceptors (Lipinski definition) is 7. The third kappa shape index (κ3) is 6.89. The van der Waals surface area contributed by atoms with Crippen LogP contribution in [0, 0.1) is 0 Å². The Hall–Kier alpha value is -3.72. The number of anilines is 1. The van der Waals surface area contributed by atoms with Gasteiger partial charge in [0.1, 0.15) is 0 Å². The molecule has 0 radical (unpaired) electrons. The minimum absolute atomic E-state index is 0.0318. The van der Waals surface area contributed by atoms with E-state index < -0.39 is 18.5 Å². The van der Waals surface area contributed by atoms with E-state index in [0.29, 0.717) is 22.1 Å². The maximum Gasteiger partial charge on any atom is 0.306 e. The van der Waals surface area contributed by atoms with E-state index in [4.69, 9.17) is 20.9 Å². The van der Waals surface area contributed by atoms with Crippen molar-refractivity contribution in [3.8, 4) is 11.4 Å². The molecule has 1 fully saturated rings. The predicted octanol–water partition coefficient (Wildman–Crippen LogP) is 4.18. The van der Waals surface area contributed by atoms with E-state index in [-0.39, 0.29) is 30.7 Å². The summed E-state index contributed by atoms with van der Waals surface area (Å²) in [6, 6.07) is 13.9. The van der Waals surface area contributed by atoms with Gasteiger partial charge in [0.15, 0.2) is 6.61 Å². The number of carbonyl (C=O) groups excluding carboxylic acids is 3. The van der Waals surface area contributed by atoms with Crippen molar-refractivity contribution in [1.82, 2.24) is 15.5 Å². The van der Waals surface area contributed by atoms with Crippen LogP contribution < -0.4 is 10.6 Å². The van der Waals surface area contributed by atoms with Crippen LogP contribution in [0.3, 0.4) is 0 Å². The van der Waals surface area contributed by atoms with Crippen LogP contribution >= 0.6 is 11.6 Å². The van der Waals surface area contributed by atoms with Gasteiger partial charge < -0.3 is 19.9 Å². The molecule has 2 aromatic carbocycles. The number of halogens is 1. The van der Waals surface area contributed by atoms with E-state index in [0.717, 1.165) is 31.2 Å². The molecule has 9 nitrogen and oxygen atoms in total. The Bertz CT molecular complexity index is 1190. The summed E-state index contributed by atoms with van der Waals surface area (Å²) in [5.41, 5.74) is 1.47. The summed E-state index contributed by atoms with van der Waals surface area (Å²) in [6.07, 6.45) is 4.26. The van der Waals surface area contributed by atoms with Crippen molar-refractivity contribution >= 4 is 35.1 Å². The lowest BCUT2D eigenvalue weighted by atomic mass is 10.1. The van der Waals surface area contributed by atoms with Crippen LogP contribution in [0.25, 0.3) is 11.4 Å². The van der Waals surface area contributed by atoms with E-state index in [2.05, 4.69) is 20.8 Å². The zero-order valence-electron chi connectivity index (χ0n) is 19.0. The molecular weight excluding hydrogens is 472 g/mol. The highest BCUT2D eigenvalue weighted by Crippen LogP contribution is 2.21. The number of aryl methyl sites for hydroxylation is 1. The van der Waals surface area contributed by atoms with E-state index in [9.17, 15) is 14.4 Å². The van der Waals surface area contributed by atoms with Gasteiger partial charge in [-0.2, -0.15) is 4.98 Å². The lowest BCUT2D eigenvalue weighted by molar-refractivity contribution is -0.147. The third-order valence-corrected chi connectivity index (χ3v) is 5.87. The van der Waals surface area contributed by atoms with Gasteiger partial charge in [-0.15, -0.1) is 0 Å². The SMILES string of the molecule is O=C(COC(=O)CCc1nc(-c2ccc(Cl)cc2)no1)Nc1ccccc1C(=O)NC1CCCC1. The van der Waals surface area contributed by atoms with Gasteiger partial charge in [-0.3, -0.25) is 14.4 Å². The average molecular weight is 497 g/mol. The summed E-state index contributed by atoms with van der Waals surface area (Å²) in [4.78, 5) is 41.3. The molecule has 1 aromatic heterocycles. The van der Waals surface area contributed by atoms with Gasteiger partial charge >= 0.3 is 5.97 Å². The van der Waals surface area contributed by atoms with Crippen molar-refractivity contribution < 1.29 is 23.6 Å². The zero-order valence-corrected chi connectivity index (χ0v) is 19.7. The topological polar surface area (TPSA) is 123 Å². The van der Waals surface area contributed by atoms with Gasteiger partial charge in [0.05, 0.1) is 17.7 Å². The molecule has 4 rings (SSSR count). The quantitative estimate of drug-likeness (QED) is 0.426. The molecule has 1 aliphatic rings. The van der Waals surface area contributed by atoms with Crippen LogP contribution in [0.15, 0.2) is 53.1 Å². The summed E-state index contributed by atoms with van der Waals surface area (Å²) in [6.45, 7) is -0.475. The van der Waals surface area contributed by atoms with Crippen molar-refractivity contribution in [2.45, 2.75) is 44.6 Å². The van der Waals surface area contributed by atoms with Gasteiger partial charge in [0.25, 0.3) is 11.8 Å². The van der Waals surface area contributed by atoms with Crippen LogP contribution in [0.4, 0.5) is 5.69 Å². The number of ether oxygens (including phenoxy) is 1. The summed E-state index contributed by atoms with van der Waals surface area (Å²) in [5, 5.41) is 10.1. The van der Waals surface area contributed by atoms with Crippen molar-refractivity contribution in [1.29, 1.82) is 0 Å². The number of benzene rings is 2. The fourth-order valence-electron chi connectivity index (χ4n) is 3.81. The van der Waals surface area contributed by atoms with Crippen LogP contribution in [-0.2, 0) is 20.7 Å². The first kappa shape index (κ1) is 24.4. The van der Waals surface area contributed by atoms with Gasteiger partial charge in [-0.1, -0.05) is 41.7 Å². The predicted molar refractivity (Wildman–Crippen MR) is 129 cm³/mol. The molecule has 182 valence electrons. The molecule has 0 atom stereocenters. The number of amides is 2. The fraction of sp³-hybridized carbons (Fsp3) is 0.320. The van der Waals surface area contributed by atoms with Crippen molar-refractivity contribution in [3.05, 3.63) is 65.0 Å². The molecule has 2 amide bonds. The first-order valence-electron chi connectivity index (χ1n) is 11.4. The third-order valence-electron chi connectivity index (χ3n) is 5.61. The van der Waals surface area contributed by atoms with Gasteiger partial charge in [0.2, 0.25) is 11.7 Å². The second-order valence-electron chi connectivity index (χ2n) is 8.23. The number of nitrogens with one attached hydrogen (secondary N) is 2. The Kier molecular flexibility index (Phi) is 8.10. The maximum absolute atomic E-state index is 12.6. The first-order valence-corrected chi connectivity index (χ1v) is 11.8. The summed E-state index contributed by atoms with van der Waals surface area (Å²) >= 11 is 5.88. The number of rotatable bonds is 9. The number of hydrogen-bond donors (Lipinski definition) is 2. The van der Waals surface area contributed by atoms with Gasteiger partial charge in [0, 0.05) is 23.0 Å². The van der Waals surface area contributed by atoms with E-state index in [1.54, 1.807) is 48.5 Å². The van der Waals surface area contributed by atoms with E-state index in [1.165, 1.54) is 0 Å². The molecule has 2 N–H and O–H groups in total. The Morgan fingerprint density at radius 2 is 1.80 bits per heavy atom. The number of esters is 1. The summed E-state index contributed by atoms with van der Waals surface area (Å²) < 4.78 is 10.2. The molecule has 0 saturated heterocycles. The lowest BCUT2D eigenvalue weighted by Gasteiger charge is -2.15.